The fourth-order valence-corrected chi connectivity index (χ4v) is 2.93. The molecular weight excluding hydrogens is 385 g/mol. The average molecular weight is 401 g/mol. The summed E-state index contributed by atoms with van der Waals surface area (Å²) >= 11 is 17.9. The molecule has 2 aromatic rings. The van der Waals surface area contributed by atoms with Gasteiger partial charge in [-0.1, -0.05) is 34.8 Å². The summed E-state index contributed by atoms with van der Waals surface area (Å²) in [4.78, 5) is 25.9. The molecule has 0 aliphatic heterocycles. The topological polar surface area (TPSA) is 61.4 Å². The molecule has 2 amide bonds. The monoisotopic (exact) mass is 399 g/mol. The maximum Gasteiger partial charge on any atom is 0.253 e. The van der Waals surface area contributed by atoms with Crippen molar-refractivity contribution in [3.63, 3.8) is 0 Å². The van der Waals surface area contributed by atoms with E-state index in [0.717, 1.165) is 5.69 Å². The highest BCUT2D eigenvalue weighted by Gasteiger charge is 2.12. The number of hydrogen-bond donors (Lipinski definition) is 2. The number of halogens is 3. The molecule has 0 saturated carbocycles. The molecule has 132 valence electrons. The van der Waals surface area contributed by atoms with Crippen molar-refractivity contribution in [1.82, 2.24) is 5.32 Å². The van der Waals surface area contributed by atoms with Crippen LogP contribution >= 0.6 is 34.8 Å². The van der Waals surface area contributed by atoms with Crippen molar-refractivity contribution in [1.29, 1.82) is 0 Å². The molecule has 2 aromatic carbocycles. The van der Waals surface area contributed by atoms with Crippen LogP contribution in [0.4, 0.5) is 11.4 Å². The van der Waals surface area contributed by atoms with E-state index in [1.165, 1.54) is 12.1 Å². The first-order chi connectivity index (χ1) is 11.8. The van der Waals surface area contributed by atoms with Crippen LogP contribution in [-0.2, 0) is 4.79 Å². The zero-order chi connectivity index (χ0) is 18.6. The zero-order valence-electron chi connectivity index (χ0n) is 13.6. The highest BCUT2D eigenvalue weighted by Crippen LogP contribution is 2.27. The molecule has 0 atom stereocenters. The van der Waals surface area contributed by atoms with Gasteiger partial charge in [0.15, 0.2) is 0 Å². The average Bonchev–Trinajstić information content (AvgIpc) is 2.52. The lowest BCUT2D eigenvalue weighted by atomic mass is 10.2. The third-order valence-electron chi connectivity index (χ3n) is 3.30. The standard InChI is InChI=1S/C17H16Cl3N3O2/c1-23(2)15-6-4-11(8-14(15)20)22-16(24)9-21-17(25)12-5-3-10(18)7-13(12)19/h3-8H,9H2,1-2H3,(H,21,25)(H,22,24). The Morgan fingerprint density at radius 2 is 1.72 bits per heavy atom. The highest BCUT2D eigenvalue weighted by atomic mass is 35.5. The maximum absolute atomic E-state index is 12.1. The second-order valence-electron chi connectivity index (χ2n) is 5.42. The Hall–Kier alpha value is -1.95. The Morgan fingerprint density at radius 1 is 1.00 bits per heavy atom. The summed E-state index contributed by atoms with van der Waals surface area (Å²) in [5.41, 5.74) is 1.63. The summed E-state index contributed by atoms with van der Waals surface area (Å²) in [5.74, 6) is -0.843. The van der Waals surface area contributed by atoms with Gasteiger partial charge in [0.1, 0.15) is 0 Å². The van der Waals surface area contributed by atoms with Gasteiger partial charge in [-0.25, -0.2) is 0 Å². The molecule has 0 fully saturated rings. The van der Waals surface area contributed by atoms with Gasteiger partial charge in [0, 0.05) is 24.8 Å². The largest absolute Gasteiger partial charge is 0.376 e. The smallest absolute Gasteiger partial charge is 0.253 e. The van der Waals surface area contributed by atoms with E-state index in [4.69, 9.17) is 34.8 Å². The van der Waals surface area contributed by atoms with Gasteiger partial charge in [-0.3, -0.25) is 9.59 Å². The minimum absolute atomic E-state index is 0.204. The molecule has 0 aliphatic carbocycles. The summed E-state index contributed by atoms with van der Waals surface area (Å²) < 4.78 is 0. The molecule has 8 heteroatoms. The molecule has 5 nitrogen and oxygen atoms in total. The zero-order valence-corrected chi connectivity index (χ0v) is 15.8. The van der Waals surface area contributed by atoms with E-state index in [-0.39, 0.29) is 23.0 Å². The first-order valence-electron chi connectivity index (χ1n) is 7.28. The summed E-state index contributed by atoms with van der Waals surface area (Å²) in [6.07, 6.45) is 0. The number of carbonyl (C=O) groups is 2. The molecule has 2 N–H and O–H groups in total. The van der Waals surface area contributed by atoms with Gasteiger partial charge in [-0.2, -0.15) is 0 Å². The Balaban J connectivity index is 1.94. The summed E-state index contributed by atoms with van der Waals surface area (Å²) in [7, 11) is 3.74. The minimum Gasteiger partial charge on any atom is -0.376 e. The Morgan fingerprint density at radius 3 is 2.32 bits per heavy atom. The fourth-order valence-electron chi connectivity index (χ4n) is 2.08. The normalized spacial score (nSPS) is 10.3. The lowest BCUT2D eigenvalue weighted by molar-refractivity contribution is -0.115. The number of amides is 2. The molecular formula is C17H16Cl3N3O2. The SMILES string of the molecule is CN(C)c1ccc(NC(=O)CNC(=O)c2ccc(Cl)cc2Cl)cc1Cl. The van der Waals surface area contributed by atoms with Crippen LogP contribution < -0.4 is 15.5 Å². The third-order valence-corrected chi connectivity index (χ3v) is 4.15. The summed E-state index contributed by atoms with van der Waals surface area (Å²) in [6.45, 7) is -0.204. The number of rotatable bonds is 5. The van der Waals surface area contributed by atoms with Crippen molar-refractivity contribution < 1.29 is 9.59 Å². The van der Waals surface area contributed by atoms with Crippen LogP contribution in [0.1, 0.15) is 10.4 Å². The molecule has 0 aliphatic rings. The van der Waals surface area contributed by atoms with Crippen molar-refractivity contribution in [2.24, 2.45) is 0 Å². The van der Waals surface area contributed by atoms with Crippen molar-refractivity contribution in [3.8, 4) is 0 Å². The van der Waals surface area contributed by atoms with E-state index >= 15 is 0 Å². The van der Waals surface area contributed by atoms with E-state index in [2.05, 4.69) is 10.6 Å². The van der Waals surface area contributed by atoms with Gasteiger partial charge >= 0.3 is 0 Å². The quantitative estimate of drug-likeness (QED) is 0.795. The highest BCUT2D eigenvalue weighted by molar-refractivity contribution is 6.36. The molecule has 0 heterocycles. The van der Waals surface area contributed by atoms with Gasteiger partial charge in [0.25, 0.3) is 5.91 Å². The Labute approximate surface area is 160 Å². The first kappa shape index (κ1) is 19.4. The third kappa shape index (κ3) is 5.26. The first-order valence-corrected chi connectivity index (χ1v) is 8.41. The van der Waals surface area contributed by atoms with Gasteiger partial charge in [0.05, 0.1) is 27.8 Å². The fraction of sp³-hybridized carbons (Fsp3) is 0.176. The summed E-state index contributed by atoms with van der Waals surface area (Å²) in [6, 6.07) is 9.69. The van der Waals surface area contributed by atoms with Crippen LogP contribution in [0.3, 0.4) is 0 Å². The van der Waals surface area contributed by atoms with E-state index in [9.17, 15) is 9.59 Å². The second-order valence-corrected chi connectivity index (χ2v) is 6.67. The molecule has 2 rings (SSSR count). The maximum atomic E-state index is 12.1. The molecule has 25 heavy (non-hydrogen) atoms. The molecule has 0 bridgehead atoms. The number of anilines is 2. The number of nitrogens with zero attached hydrogens (tertiary/aromatic N) is 1. The Bertz CT molecular complexity index is 810. The minimum atomic E-state index is -0.460. The molecule has 0 spiro atoms. The second kappa shape index (κ2) is 8.43. The van der Waals surface area contributed by atoms with Crippen molar-refractivity contribution in [2.75, 3.05) is 30.9 Å². The van der Waals surface area contributed by atoms with E-state index in [1.807, 2.05) is 19.0 Å². The number of hydrogen-bond acceptors (Lipinski definition) is 3. The van der Waals surface area contributed by atoms with E-state index in [0.29, 0.717) is 15.7 Å². The van der Waals surface area contributed by atoms with Gasteiger partial charge in [-0.05, 0) is 36.4 Å². The lowest BCUT2D eigenvalue weighted by Gasteiger charge is -2.15. The Kier molecular flexibility index (Phi) is 6.53. The van der Waals surface area contributed by atoms with Crippen LogP contribution in [0.2, 0.25) is 15.1 Å². The predicted molar refractivity (Wildman–Crippen MR) is 103 cm³/mol. The van der Waals surface area contributed by atoms with E-state index in [1.54, 1.807) is 24.3 Å². The molecule has 0 aromatic heterocycles. The van der Waals surface area contributed by atoms with Crippen molar-refractivity contribution in [3.05, 3.63) is 57.0 Å². The van der Waals surface area contributed by atoms with Gasteiger partial charge < -0.3 is 15.5 Å². The lowest BCUT2D eigenvalue weighted by Crippen LogP contribution is -2.33. The van der Waals surface area contributed by atoms with E-state index < -0.39 is 5.91 Å². The number of benzene rings is 2. The molecule has 0 radical (unpaired) electrons. The van der Waals surface area contributed by atoms with Crippen LogP contribution in [0, 0.1) is 0 Å². The van der Waals surface area contributed by atoms with Gasteiger partial charge in [-0.15, -0.1) is 0 Å². The van der Waals surface area contributed by atoms with Crippen molar-refractivity contribution >= 4 is 58.0 Å². The van der Waals surface area contributed by atoms with Crippen LogP contribution in [-0.4, -0.2) is 32.5 Å². The number of carbonyl (C=O) groups excluding carboxylic acids is 2. The molecule has 0 saturated heterocycles. The van der Waals surface area contributed by atoms with Crippen LogP contribution in [0.5, 0.6) is 0 Å². The van der Waals surface area contributed by atoms with Crippen LogP contribution in [0.25, 0.3) is 0 Å². The molecule has 0 unspecified atom stereocenters. The summed E-state index contributed by atoms with van der Waals surface area (Å²) in [5, 5.41) is 6.33. The predicted octanol–water partition coefficient (Wildman–Crippen LogP) is 4.08. The van der Waals surface area contributed by atoms with Crippen molar-refractivity contribution in [2.45, 2.75) is 0 Å². The number of nitrogens with one attached hydrogen (secondary N) is 2. The van der Waals surface area contributed by atoms with Crippen LogP contribution in [0.15, 0.2) is 36.4 Å². The van der Waals surface area contributed by atoms with Gasteiger partial charge in [0.2, 0.25) is 5.91 Å².